The second-order valence-electron chi connectivity index (χ2n) is 8.82. The van der Waals surface area contributed by atoms with E-state index in [9.17, 15) is 21.6 Å². The van der Waals surface area contributed by atoms with E-state index >= 15 is 0 Å². The van der Waals surface area contributed by atoms with Crippen LogP contribution < -0.4 is 14.3 Å². The van der Waals surface area contributed by atoms with Crippen molar-refractivity contribution in [3.05, 3.63) is 72.6 Å². The molecule has 3 aromatic rings. The maximum Gasteiger partial charge on any atom is 0.264 e. The second-order valence-corrected chi connectivity index (χ2v) is 12.4. The van der Waals surface area contributed by atoms with Crippen molar-refractivity contribution in [1.29, 1.82) is 0 Å². The third-order valence-corrected chi connectivity index (χ3v) is 7.43. The molecule has 1 amide bonds. The first-order valence-electron chi connectivity index (χ1n) is 10.5. The fraction of sp³-hybridized carbons (Fsp3) is 0.261. The van der Waals surface area contributed by atoms with E-state index in [1.54, 1.807) is 18.2 Å². The Morgan fingerprint density at radius 1 is 0.914 bits per heavy atom. The van der Waals surface area contributed by atoms with Crippen LogP contribution in [-0.2, 0) is 30.3 Å². The zero-order chi connectivity index (χ0) is 25.9. The maximum absolute atomic E-state index is 12.6. The Morgan fingerprint density at radius 3 is 2.00 bits per heavy atom. The highest BCUT2D eigenvalue weighted by Crippen LogP contribution is 2.26. The third-order valence-electron chi connectivity index (χ3n) is 4.95. The van der Waals surface area contributed by atoms with Crippen molar-refractivity contribution < 1.29 is 21.6 Å². The lowest BCUT2D eigenvalue weighted by Gasteiger charge is -2.24. The molecule has 10 nitrogen and oxygen atoms in total. The van der Waals surface area contributed by atoms with Crippen LogP contribution in [0.2, 0.25) is 0 Å². The molecule has 1 aromatic heterocycles. The van der Waals surface area contributed by atoms with Gasteiger partial charge in [-0.2, -0.15) is 0 Å². The number of anilines is 3. The van der Waals surface area contributed by atoms with Crippen LogP contribution in [0.5, 0.6) is 0 Å². The molecule has 12 heteroatoms. The number of carbonyl (C=O) groups excluding carboxylic acids is 1. The number of aromatic nitrogens is 2. The predicted octanol–water partition coefficient (Wildman–Crippen LogP) is 2.98. The van der Waals surface area contributed by atoms with Gasteiger partial charge in [0.25, 0.3) is 10.0 Å². The average molecular weight is 518 g/mol. The molecule has 2 N–H and O–H groups in total. The molecule has 3 rings (SSSR count). The molecule has 0 bridgehead atoms. The van der Waals surface area contributed by atoms with Gasteiger partial charge in [-0.3, -0.25) is 9.10 Å². The quantitative estimate of drug-likeness (QED) is 0.468. The lowest BCUT2D eigenvalue weighted by atomic mass is 9.87. The summed E-state index contributed by atoms with van der Waals surface area (Å²) in [6, 6.07) is 14.0. The molecule has 0 unspecified atom stereocenters. The van der Waals surface area contributed by atoms with Crippen molar-refractivity contribution in [2.75, 3.05) is 27.1 Å². The van der Waals surface area contributed by atoms with E-state index in [0.717, 1.165) is 16.1 Å². The van der Waals surface area contributed by atoms with Crippen molar-refractivity contribution in [1.82, 2.24) is 9.97 Å². The molecular formula is C23H27N5O5S2. The van der Waals surface area contributed by atoms with E-state index < -0.39 is 32.5 Å². The average Bonchev–Trinajstić information content (AvgIpc) is 2.77. The van der Waals surface area contributed by atoms with Gasteiger partial charge in [-0.05, 0) is 53.4 Å². The summed E-state index contributed by atoms with van der Waals surface area (Å²) in [7, 11) is -7.66. The van der Waals surface area contributed by atoms with Crippen LogP contribution >= 0.6 is 0 Å². The second kappa shape index (κ2) is 10.0. The largest absolute Gasteiger partial charge is 0.325 e. The van der Waals surface area contributed by atoms with Crippen LogP contribution in [0.1, 0.15) is 26.3 Å². The van der Waals surface area contributed by atoms with E-state index in [-0.39, 0.29) is 16.3 Å². The number of hydrogen-bond acceptors (Lipinski definition) is 7. The standard InChI is InChI=1S/C23H27N5O5S2/c1-23(2,3)17-6-10-19(11-7-17)28(34(4,30)31)16-21(29)26-18-8-12-20(13-9-18)35(32,33)27-22-24-14-5-15-25-22/h5-15H,16H2,1-4H3,(H,26,29)(H,24,25,27). The summed E-state index contributed by atoms with van der Waals surface area (Å²) in [4.78, 5) is 20.2. The molecule has 2 aromatic carbocycles. The van der Waals surface area contributed by atoms with Crippen molar-refractivity contribution in [2.24, 2.45) is 0 Å². The van der Waals surface area contributed by atoms with Gasteiger partial charge in [-0.15, -0.1) is 0 Å². The highest BCUT2D eigenvalue weighted by molar-refractivity contribution is 7.92. The smallest absolute Gasteiger partial charge is 0.264 e. The Labute approximate surface area is 205 Å². The SMILES string of the molecule is CC(C)(C)c1ccc(N(CC(=O)Nc2ccc(S(=O)(=O)Nc3ncccn3)cc2)S(C)(=O)=O)cc1. The molecule has 0 aliphatic carbocycles. The molecule has 0 aliphatic rings. The normalized spacial score (nSPS) is 12.1. The highest BCUT2D eigenvalue weighted by Gasteiger charge is 2.22. The molecule has 186 valence electrons. The van der Waals surface area contributed by atoms with Crippen molar-refractivity contribution in [3.8, 4) is 0 Å². The van der Waals surface area contributed by atoms with E-state index in [2.05, 4.69) is 20.0 Å². The summed E-state index contributed by atoms with van der Waals surface area (Å²) in [6.07, 6.45) is 3.84. The first-order chi connectivity index (χ1) is 16.3. The third kappa shape index (κ3) is 6.99. The molecule has 0 saturated heterocycles. The van der Waals surface area contributed by atoms with Gasteiger partial charge in [0, 0.05) is 18.1 Å². The van der Waals surface area contributed by atoms with E-state index in [0.29, 0.717) is 11.4 Å². The number of rotatable bonds is 8. The van der Waals surface area contributed by atoms with Gasteiger partial charge in [0.15, 0.2) is 0 Å². The fourth-order valence-electron chi connectivity index (χ4n) is 3.11. The molecule has 0 radical (unpaired) electrons. The molecule has 0 atom stereocenters. The van der Waals surface area contributed by atoms with Crippen molar-refractivity contribution in [2.45, 2.75) is 31.1 Å². The number of sulfonamides is 2. The van der Waals surface area contributed by atoms with Crippen molar-refractivity contribution >= 4 is 43.3 Å². The van der Waals surface area contributed by atoms with Gasteiger partial charge in [-0.25, -0.2) is 31.5 Å². The zero-order valence-electron chi connectivity index (χ0n) is 19.8. The monoisotopic (exact) mass is 517 g/mol. The summed E-state index contributed by atoms with van der Waals surface area (Å²) in [6.45, 7) is 5.70. The van der Waals surface area contributed by atoms with Gasteiger partial charge in [0.05, 0.1) is 16.8 Å². The lowest BCUT2D eigenvalue weighted by Crippen LogP contribution is -2.37. The minimum absolute atomic E-state index is 0.0559. The summed E-state index contributed by atoms with van der Waals surface area (Å²) < 4.78 is 53.0. The van der Waals surface area contributed by atoms with Gasteiger partial charge < -0.3 is 5.32 Å². The predicted molar refractivity (Wildman–Crippen MR) is 135 cm³/mol. The van der Waals surface area contributed by atoms with Gasteiger partial charge in [0.1, 0.15) is 6.54 Å². The molecule has 35 heavy (non-hydrogen) atoms. The first-order valence-corrected chi connectivity index (χ1v) is 13.9. The van der Waals surface area contributed by atoms with Gasteiger partial charge >= 0.3 is 0 Å². The molecule has 0 spiro atoms. The van der Waals surface area contributed by atoms with E-state index in [1.807, 2.05) is 32.9 Å². The Hall–Kier alpha value is -3.51. The van der Waals surface area contributed by atoms with Crippen LogP contribution in [0.3, 0.4) is 0 Å². The molecule has 1 heterocycles. The summed E-state index contributed by atoms with van der Waals surface area (Å²) in [5.74, 6) is -0.650. The summed E-state index contributed by atoms with van der Waals surface area (Å²) >= 11 is 0. The minimum Gasteiger partial charge on any atom is -0.325 e. The summed E-state index contributed by atoms with van der Waals surface area (Å²) in [5, 5.41) is 2.59. The van der Waals surface area contributed by atoms with Crippen LogP contribution in [0, 0.1) is 0 Å². The Kier molecular flexibility index (Phi) is 7.46. The lowest BCUT2D eigenvalue weighted by molar-refractivity contribution is -0.114. The number of carbonyl (C=O) groups is 1. The molecule has 0 saturated carbocycles. The van der Waals surface area contributed by atoms with Crippen LogP contribution in [0.15, 0.2) is 71.9 Å². The topological polar surface area (TPSA) is 138 Å². The fourth-order valence-corrected chi connectivity index (χ4v) is 4.92. The Bertz CT molecular complexity index is 1390. The highest BCUT2D eigenvalue weighted by atomic mass is 32.2. The zero-order valence-corrected chi connectivity index (χ0v) is 21.4. The van der Waals surface area contributed by atoms with E-state index in [4.69, 9.17) is 0 Å². The maximum atomic E-state index is 12.6. The Morgan fingerprint density at radius 2 is 1.49 bits per heavy atom. The number of nitrogens with zero attached hydrogens (tertiary/aromatic N) is 3. The molecular weight excluding hydrogens is 490 g/mol. The minimum atomic E-state index is -3.92. The number of hydrogen-bond donors (Lipinski definition) is 2. The van der Waals surface area contributed by atoms with Crippen molar-refractivity contribution in [3.63, 3.8) is 0 Å². The van der Waals surface area contributed by atoms with Gasteiger partial charge in [-0.1, -0.05) is 32.9 Å². The summed E-state index contributed by atoms with van der Waals surface area (Å²) in [5.41, 5.74) is 1.60. The number of amides is 1. The van der Waals surface area contributed by atoms with Crippen LogP contribution in [0.4, 0.5) is 17.3 Å². The number of nitrogens with one attached hydrogen (secondary N) is 2. The van der Waals surface area contributed by atoms with Gasteiger partial charge in [0.2, 0.25) is 21.9 Å². The van der Waals surface area contributed by atoms with E-state index in [1.165, 1.54) is 36.7 Å². The Balaban J connectivity index is 1.71. The van der Waals surface area contributed by atoms with Crippen LogP contribution in [-0.4, -0.2) is 45.5 Å². The first kappa shape index (κ1) is 26.1. The van der Waals surface area contributed by atoms with Crippen LogP contribution in [0.25, 0.3) is 0 Å². The number of benzene rings is 2. The molecule has 0 fully saturated rings. The molecule has 0 aliphatic heterocycles.